The predicted octanol–water partition coefficient (Wildman–Crippen LogP) is 4.58. The van der Waals surface area contributed by atoms with Gasteiger partial charge in [-0.1, -0.05) is 41.9 Å². The Labute approximate surface area is 189 Å². The standard InChI is InChI=1S/C24H20ClN5O2/c1-14(28-23-22-18(10-11-26-23)27-13-20(31)29-22)19-12-15-6-5-9-17(25)21(15)24(32)30(19)16-7-3-2-4-8-16/h2-12,14,27H,13H2,1H3,(H,26,28)(H,29,31)/t14-/m0/s1. The van der Waals surface area contributed by atoms with Crippen LogP contribution in [0.1, 0.15) is 18.7 Å². The van der Waals surface area contributed by atoms with E-state index in [2.05, 4.69) is 20.9 Å². The molecule has 2 aromatic heterocycles. The topological polar surface area (TPSA) is 88.1 Å². The molecule has 5 rings (SSSR count). The number of aromatic nitrogens is 2. The van der Waals surface area contributed by atoms with Crippen LogP contribution in [0.5, 0.6) is 0 Å². The van der Waals surface area contributed by atoms with Gasteiger partial charge in [-0.05, 0) is 42.6 Å². The zero-order valence-corrected chi connectivity index (χ0v) is 18.0. The first-order chi connectivity index (χ1) is 15.5. The van der Waals surface area contributed by atoms with Gasteiger partial charge in [0.25, 0.3) is 5.56 Å². The monoisotopic (exact) mass is 445 g/mol. The number of carbonyl (C=O) groups is 1. The maximum atomic E-state index is 13.6. The second kappa shape index (κ2) is 8.01. The number of nitrogens with zero attached hydrogens (tertiary/aromatic N) is 2. The number of pyridine rings is 2. The number of para-hydroxylation sites is 1. The highest BCUT2D eigenvalue weighted by Gasteiger charge is 2.22. The van der Waals surface area contributed by atoms with Gasteiger partial charge < -0.3 is 16.0 Å². The van der Waals surface area contributed by atoms with Crippen LogP contribution < -0.4 is 21.5 Å². The van der Waals surface area contributed by atoms with Crippen molar-refractivity contribution >= 4 is 45.5 Å². The SMILES string of the molecule is C[C@H](Nc1nccc2c1NC(=O)CN2)c1cc2cccc(Cl)c2c(=O)n1-c1ccccc1. The van der Waals surface area contributed by atoms with E-state index < -0.39 is 0 Å². The van der Waals surface area contributed by atoms with Crippen molar-refractivity contribution in [1.29, 1.82) is 0 Å². The van der Waals surface area contributed by atoms with Crippen LogP contribution in [-0.2, 0) is 4.79 Å². The van der Waals surface area contributed by atoms with Crippen molar-refractivity contribution in [2.75, 3.05) is 22.5 Å². The number of halogens is 1. The molecule has 0 radical (unpaired) electrons. The van der Waals surface area contributed by atoms with E-state index in [-0.39, 0.29) is 24.1 Å². The molecule has 0 saturated carbocycles. The molecule has 1 aliphatic rings. The molecule has 7 nitrogen and oxygen atoms in total. The summed E-state index contributed by atoms with van der Waals surface area (Å²) in [5.41, 5.74) is 2.67. The van der Waals surface area contributed by atoms with Crippen molar-refractivity contribution < 1.29 is 4.79 Å². The van der Waals surface area contributed by atoms with E-state index in [9.17, 15) is 9.59 Å². The number of benzene rings is 2. The molecule has 8 heteroatoms. The summed E-state index contributed by atoms with van der Waals surface area (Å²) >= 11 is 6.39. The van der Waals surface area contributed by atoms with Crippen LogP contribution in [-0.4, -0.2) is 22.0 Å². The third-order valence-electron chi connectivity index (χ3n) is 5.49. The van der Waals surface area contributed by atoms with Gasteiger partial charge in [-0.2, -0.15) is 0 Å². The van der Waals surface area contributed by atoms with Crippen LogP contribution in [0.3, 0.4) is 0 Å². The molecule has 32 heavy (non-hydrogen) atoms. The Morgan fingerprint density at radius 1 is 1.09 bits per heavy atom. The van der Waals surface area contributed by atoms with E-state index in [1.54, 1.807) is 16.8 Å². The lowest BCUT2D eigenvalue weighted by molar-refractivity contribution is -0.114. The molecule has 160 valence electrons. The van der Waals surface area contributed by atoms with E-state index in [4.69, 9.17) is 11.6 Å². The lowest BCUT2D eigenvalue weighted by atomic mass is 10.1. The van der Waals surface area contributed by atoms with Crippen molar-refractivity contribution in [2.24, 2.45) is 0 Å². The number of hydrogen-bond donors (Lipinski definition) is 3. The summed E-state index contributed by atoms with van der Waals surface area (Å²) in [6, 6.07) is 18.3. The smallest absolute Gasteiger partial charge is 0.264 e. The van der Waals surface area contributed by atoms with Crippen LogP contribution in [0.25, 0.3) is 16.5 Å². The highest BCUT2D eigenvalue weighted by molar-refractivity contribution is 6.35. The van der Waals surface area contributed by atoms with Gasteiger partial charge in [0.2, 0.25) is 5.91 Å². The molecular formula is C24H20ClN5O2. The van der Waals surface area contributed by atoms with Gasteiger partial charge in [-0.15, -0.1) is 0 Å². The number of amides is 1. The van der Waals surface area contributed by atoms with E-state index in [0.29, 0.717) is 21.9 Å². The van der Waals surface area contributed by atoms with E-state index >= 15 is 0 Å². The molecule has 1 atom stereocenters. The summed E-state index contributed by atoms with van der Waals surface area (Å²) in [7, 11) is 0. The first kappa shape index (κ1) is 20.1. The molecular weight excluding hydrogens is 426 g/mol. The number of fused-ring (bicyclic) bond motifs is 2. The number of carbonyl (C=O) groups excluding carboxylic acids is 1. The minimum Gasteiger partial charge on any atom is -0.374 e. The van der Waals surface area contributed by atoms with Gasteiger partial charge in [-0.3, -0.25) is 14.2 Å². The zero-order chi connectivity index (χ0) is 22.2. The van der Waals surface area contributed by atoms with Crippen molar-refractivity contribution in [3.63, 3.8) is 0 Å². The van der Waals surface area contributed by atoms with Crippen LogP contribution >= 0.6 is 11.6 Å². The fourth-order valence-electron chi connectivity index (χ4n) is 3.98. The third kappa shape index (κ3) is 3.46. The molecule has 0 aliphatic carbocycles. The molecule has 1 amide bonds. The fraction of sp³-hybridized carbons (Fsp3) is 0.125. The molecule has 1 aliphatic heterocycles. The second-order valence-electron chi connectivity index (χ2n) is 7.60. The molecule has 0 spiro atoms. The predicted molar refractivity (Wildman–Crippen MR) is 128 cm³/mol. The lowest BCUT2D eigenvalue weighted by Crippen LogP contribution is -2.29. The van der Waals surface area contributed by atoms with E-state index in [0.717, 1.165) is 22.5 Å². The largest absolute Gasteiger partial charge is 0.374 e. The molecule has 0 bridgehead atoms. The summed E-state index contributed by atoms with van der Waals surface area (Å²) in [6.07, 6.45) is 1.67. The van der Waals surface area contributed by atoms with Crippen LogP contribution in [0.4, 0.5) is 17.2 Å². The minimum atomic E-state index is -0.316. The molecule has 3 heterocycles. The van der Waals surface area contributed by atoms with Gasteiger partial charge in [0.15, 0.2) is 5.82 Å². The molecule has 0 unspecified atom stereocenters. The van der Waals surface area contributed by atoms with E-state index in [1.165, 1.54) is 0 Å². The average molecular weight is 446 g/mol. The Bertz CT molecular complexity index is 1400. The van der Waals surface area contributed by atoms with Gasteiger partial charge in [0.1, 0.15) is 5.69 Å². The number of anilines is 3. The lowest BCUT2D eigenvalue weighted by Gasteiger charge is -2.25. The highest BCUT2D eigenvalue weighted by atomic mass is 35.5. The van der Waals surface area contributed by atoms with Crippen molar-refractivity contribution in [3.05, 3.63) is 87.9 Å². The quantitative estimate of drug-likeness (QED) is 0.428. The van der Waals surface area contributed by atoms with Crippen LogP contribution in [0.2, 0.25) is 5.02 Å². The third-order valence-corrected chi connectivity index (χ3v) is 5.81. The maximum absolute atomic E-state index is 13.6. The summed E-state index contributed by atoms with van der Waals surface area (Å²) in [4.78, 5) is 29.9. The molecule has 2 aromatic carbocycles. The van der Waals surface area contributed by atoms with Crippen molar-refractivity contribution in [3.8, 4) is 5.69 Å². The maximum Gasteiger partial charge on any atom is 0.264 e. The number of hydrogen-bond acceptors (Lipinski definition) is 5. The Hall–Kier alpha value is -3.84. The molecule has 0 fully saturated rings. The Kier molecular flexibility index (Phi) is 5.03. The van der Waals surface area contributed by atoms with E-state index in [1.807, 2.05) is 61.5 Å². The van der Waals surface area contributed by atoms with Gasteiger partial charge in [0, 0.05) is 17.6 Å². The fourth-order valence-corrected chi connectivity index (χ4v) is 4.25. The summed E-state index contributed by atoms with van der Waals surface area (Å²) in [5, 5.41) is 11.0. The van der Waals surface area contributed by atoms with Crippen molar-refractivity contribution in [1.82, 2.24) is 9.55 Å². The summed E-state index contributed by atoms with van der Waals surface area (Å²) < 4.78 is 1.66. The average Bonchev–Trinajstić information content (AvgIpc) is 2.80. The highest BCUT2D eigenvalue weighted by Crippen LogP contribution is 2.33. The molecule has 3 N–H and O–H groups in total. The summed E-state index contributed by atoms with van der Waals surface area (Å²) in [5.74, 6) is 0.386. The van der Waals surface area contributed by atoms with Gasteiger partial charge in [0.05, 0.1) is 28.7 Å². The molecule has 0 saturated heterocycles. The number of rotatable bonds is 4. The van der Waals surface area contributed by atoms with Gasteiger partial charge >= 0.3 is 0 Å². The normalized spacial score (nSPS) is 13.8. The Balaban J connectivity index is 1.66. The zero-order valence-electron chi connectivity index (χ0n) is 17.2. The first-order valence-corrected chi connectivity index (χ1v) is 10.6. The van der Waals surface area contributed by atoms with Crippen molar-refractivity contribution in [2.45, 2.75) is 13.0 Å². The van der Waals surface area contributed by atoms with Gasteiger partial charge in [-0.25, -0.2) is 4.98 Å². The number of nitrogens with one attached hydrogen (secondary N) is 3. The first-order valence-electron chi connectivity index (χ1n) is 10.2. The van der Waals surface area contributed by atoms with Crippen LogP contribution in [0, 0.1) is 0 Å². The summed E-state index contributed by atoms with van der Waals surface area (Å²) in [6.45, 7) is 2.16. The van der Waals surface area contributed by atoms with Crippen LogP contribution in [0.15, 0.2) is 71.7 Å². The second-order valence-corrected chi connectivity index (χ2v) is 8.01. The molecule has 4 aromatic rings. The Morgan fingerprint density at radius 2 is 1.91 bits per heavy atom. The minimum absolute atomic E-state index is 0.136. The Morgan fingerprint density at radius 3 is 2.72 bits per heavy atom.